The molecule has 8 nitrogen and oxygen atoms in total. The first kappa shape index (κ1) is 24.8. The Bertz CT molecular complexity index is 913. The number of hydrogen-bond donors (Lipinski definition) is 1. The van der Waals surface area contributed by atoms with Crippen molar-refractivity contribution in [3.63, 3.8) is 0 Å². The summed E-state index contributed by atoms with van der Waals surface area (Å²) in [6.45, 7) is 5.45. The van der Waals surface area contributed by atoms with Crippen molar-refractivity contribution in [2.45, 2.75) is 26.7 Å². The second-order valence-corrected chi connectivity index (χ2v) is 8.75. The van der Waals surface area contributed by atoms with Crippen LogP contribution in [0.25, 0.3) is 0 Å². The number of nitro benzene ring substituents is 1. The topological polar surface area (TPSA) is 108 Å². The zero-order chi connectivity index (χ0) is 23.0. The average Bonchev–Trinajstić information content (AvgIpc) is 2.73. The number of rotatable bonds is 10. The van der Waals surface area contributed by atoms with Gasteiger partial charge in [0.25, 0.3) is 5.69 Å². The first-order valence-corrected chi connectivity index (χ1v) is 12.3. The minimum absolute atomic E-state index is 0.126. The first-order chi connectivity index (χ1) is 14.8. The number of ether oxygens (including phenoxy) is 2. The number of hydrogen-bond acceptors (Lipinski definition) is 9. The van der Waals surface area contributed by atoms with Crippen LogP contribution < -0.4 is 5.32 Å². The molecule has 10 heteroatoms. The Morgan fingerprint density at radius 3 is 2.39 bits per heavy atom. The number of thioether (sulfide) groups is 2. The molecule has 31 heavy (non-hydrogen) atoms. The predicted molar refractivity (Wildman–Crippen MR) is 123 cm³/mol. The molecule has 1 unspecified atom stereocenters. The standard InChI is InChI=1S/C21H26N2O6S2/c1-5-28-20(24)17-13(3)22-16(11-31-12-30-4)19(21(25)29-6-2)18(17)14-8-7-9-15(10-14)23(26)27/h7-10,18,22H,5-6,11-12H2,1-4H3. The lowest BCUT2D eigenvalue weighted by Gasteiger charge is -2.31. The van der Waals surface area contributed by atoms with Gasteiger partial charge in [-0.2, -0.15) is 11.8 Å². The summed E-state index contributed by atoms with van der Waals surface area (Å²) >= 11 is 3.27. The highest BCUT2D eigenvalue weighted by atomic mass is 32.2. The van der Waals surface area contributed by atoms with Gasteiger partial charge in [-0.15, -0.1) is 11.8 Å². The summed E-state index contributed by atoms with van der Waals surface area (Å²) < 4.78 is 10.6. The minimum atomic E-state index is -0.843. The number of benzene rings is 1. The molecule has 0 saturated heterocycles. The van der Waals surface area contributed by atoms with E-state index in [0.29, 0.717) is 22.7 Å². The van der Waals surface area contributed by atoms with E-state index in [1.807, 2.05) is 6.26 Å². The second-order valence-electron chi connectivity index (χ2n) is 6.54. The minimum Gasteiger partial charge on any atom is -0.463 e. The van der Waals surface area contributed by atoms with Crippen LogP contribution in [0.3, 0.4) is 0 Å². The summed E-state index contributed by atoms with van der Waals surface area (Å²) in [5, 5.41) is 15.4. The molecular weight excluding hydrogens is 440 g/mol. The third-order valence-electron chi connectivity index (χ3n) is 4.50. The quantitative estimate of drug-likeness (QED) is 0.180. The van der Waals surface area contributed by atoms with Gasteiger partial charge in [0.05, 0.1) is 35.2 Å². The Morgan fingerprint density at radius 1 is 1.16 bits per heavy atom. The molecule has 168 valence electrons. The number of nitrogens with one attached hydrogen (secondary N) is 1. The number of carbonyl (C=O) groups is 2. The summed E-state index contributed by atoms with van der Waals surface area (Å²) in [6, 6.07) is 5.96. The predicted octanol–water partition coefficient (Wildman–Crippen LogP) is 3.99. The lowest BCUT2D eigenvalue weighted by atomic mass is 9.80. The van der Waals surface area contributed by atoms with E-state index < -0.39 is 22.8 Å². The van der Waals surface area contributed by atoms with E-state index in [1.165, 1.54) is 12.1 Å². The van der Waals surface area contributed by atoms with Gasteiger partial charge in [0.2, 0.25) is 0 Å². The Hall–Kier alpha value is -2.46. The Kier molecular flexibility index (Phi) is 9.44. The second kappa shape index (κ2) is 11.8. The highest BCUT2D eigenvalue weighted by molar-refractivity contribution is 8.15. The molecule has 0 aromatic heterocycles. The maximum Gasteiger partial charge on any atom is 0.336 e. The fourth-order valence-corrected chi connectivity index (χ4v) is 4.75. The molecule has 1 aliphatic rings. The summed E-state index contributed by atoms with van der Waals surface area (Å²) in [7, 11) is 0. The van der Waals surface area contributed by atoms with Crippen LogP contribution >= 0.6 is 23.5 Å². The lowest BCUT2D eigenvalue weighted by Crippen LogP contribution is -2.34. The van der Waals surface area contributed by atoms with Crippen LogP contribution in [-0.4, -0.2) is 47.2 Å². The highest BCUT2D eigenvalue weighted by Gasteiger charge is 2.39. The van der Waals surface area contributed by atoms with Gasteiger partial charge < -0.3 is 14.8 Å². The van der Waals surface area contributed by atoms with E-state index in [0.717, 1.165) is 5.08 Å². The van der Waals surface area contributed by atoms with Gasteiger partial charge in [-0.25, -0.2) is 9.59 Å². The van der Waals surface area contributed by atoms with Crippen molar-refractivity contribution in [3.8, 4) is 0 Å². The van der Waals surface area contributed by atoms with E-state index in [4.69, 9.17) is 9.47 Å². The van der Waals surface area contributed by atoms with Crippen molar-refractivity contribution in [3.05, 3.63) is 62.5 Å². The number of carbonyl (C=O) groups excluding carboxylic acids is 2. The van der Waals surface area contributed by atoms with E-state index in [2.05, 4.69) is 5.32 Å². The van der Waals surface area contributed by atoms with Gasteiger partial charge >= 0.3 is 11.9 Å². The number of esters is 2. The number of non-ortho nitro benzene ring substituents is 1. The van der Waals surface area contributed by atoms with Crippen molar-refractivity contribution in [2.75, 3.05) is 30.3 Å². The smallest absolute Gasteiger partial charge is 0.336 e. The van der Waals surface area contributed by atoms with Crippen molar-refractivity contribution in [2.24, 2.45) is 0 Å². The molecule has 0 spiro atoms. The van der Waals surface area contributed by atoms with Crippen LogP contribution in [-0.2, 0) is 19.1 Å². The van der Waals surface area contributed by atoms with Gasteiger partial charge in [-0.05, 0) is 32.6 Å². The molecule has 2 rings (SSSR count). The van der Waals surface area contributed by atoms with Crippen LogP contribution in [0, 0.1) is 10.1 Å². The van der Waals surface area contributed by atoms with Crippen LogP contribution in [0.2, 0.25) is 0 Å². The van der Waals surface area contributed by atoms with Crippen LogP contribution in [0.1, 0.15) is 32.3 Å². The van der Waals surface area contributed by atoms with Gasteiger partial charge in [-0.1, -0.05) is 12.1 Å². The molecule has 0 fully saturated rings. The number of nitrogens with zero attached hydrogens (tertiary/aromatic N) is 1. The summed E-state index contributed by atoms with van der Waals surface area (Å²) in [6.07, 6.45) is 1.98. The Morgan fingerprint density at radius 2 is 1.81 bits per heavy atom. The van der Waals surface area contributed by atoms with Crippen LogP contribution in [0.4, 0.5) is 5.69 Å². The fraction of sp³-hybridized carbons (Fsp3) is 0.429. The maximum atomic E-state index is 13.0. The Balaban J connectivity index is 2.70. The highest BCUT2D eigenvalue weighted by Crippen LogP contribution is 2.41. The molecule has 1 aromatic rings. The number of dihydropyridines is 1. The lowest BCUT2D eigenvalue weighted by molar-refractivity contribution is -0.384. The van der Waals surface area contributed by atoms with E-state index >= 15 is 0 Å². The monoisotopic (exact) mass is 466 g/mol. The van der Waals surface area contributed by atoms with Crippen LogP contribution in [0.15, 0.2) is 46.8 Å². The normalized spacial score (nSPS) is 16.1. The third kappa shape index (κ3) is 6.04. The zero-order valence-corrected chi connectivity index (χ0v) is 19.6. The molecule has 1 aromatic carbocycles. The fourth-order valence-electron chi connectivity index (χ4n) is 3.32. The summed E-state index contributed by atoms with van der Waals surface area (Å²) in [4.78, 5) is 36.7. The van der Waals surface area contributed by atoms with Crippen LogP contribution in [0.5, 0.6) is 0 Å². The first-order valence-electron chi connectivity index (χ1n) is 9.71. The Labute approximate surface area is 190 Å². The molecule has 0 saturated carbocycles. The van der Waals surface area contributed by atoms with Gasteiger partial charge in [0.1, 0.15) is 0 Å². The van der Waals surface area contributed by atoms with Crippen molar-refractivity contribution in [1.82, 2.24) is 5.32 Å². The van der Waals surface area contributed by atoms with Gasteiger partial charge in [0, 0.05) is 34.4 Å². The number of nitro groups is 1. The van der Waals surface area contributed by atoms with E-state index in [1.54, 1.807) is 56.4 Å². The molecular formula is C21H26N2O6S2. The van der Waals surface area contributed by atoms with E-state index in [-0.39, 0.29) is 30.0 Å². The zero-order valence-electron chi connectivity index (χ0n) is 17.9. The molecule has 1 heterocycles. The molecule has 0 aliphatic carbocycles. The molecule has 0 radical (unpaired) electrons. The largest absolute Gasteiger partial charge is 0.463 e. The average molecular weight is 467 g/mol. The SMILES string of the molecule is CCOC(=O)C1=C(C)NC(CSCSC)=C(C(=O)OCC)C1c1cccc([N+](=O)[O-])c1. The summed E-state index contributed by atoms with van der Waals surface area (Å²) in [5.41, 5.74) is 2.00. The summed E-state index contributed by atoms with van der Waals surface area (Å²) in [5.74, 6) is -1.50. The van der Waals surface area contributed by atoms with E-state index in [9.17, 15) is 19.7 Å². The van der Waals surface area contributed by atoms with Crippen molar-refractivity contribution >= 4 is 41.1 Å². The van der Waals surface area contributed by atoms with Crippen molar-refractivity contribution in [1.29, 1.82) is 0 Å². The molecule has 1 aliphatic heterocycles. The molecule has 0 amide bonds. The van der Waals surface area contributed by atoms with Gasteiger partial charge in [-0.3, -0.25) is 10.1 Å². The van der Waals surface area contributed by atoms with Gasteiger partial charge in [0.15, 0.2) is 0 Å². The molecule has 1 N–H and O–H groups in total. The molecule has 0 bridgehead atoms. The number of allylic oxidation sites excluding steroid dienone is 1. The maximum absolute atomic E-state index is 13.0. The third-order valence-corrected chi connectivity index (χ3v) is 6.60. The van der Waals surface area contributed by atoms with Crippen molar-refractivity contribution < 1.29 is 24.0 Å². The molecule has 1 atom stereocenters.